The number of fused-ring (bicyclic) bond motifs is 1. The summed E-state index contributed by atoms with van der Waals surface area (Å²) in [5, 5.41) is 0. The molecule has 0 spiro atoms. The van der Waals surface area contributed by atoms with Gasteiger partial charge in [0.25, 0.3) is 0 Å². The Morgan fingerprint density at radius 1 is 1.37 bits per heavy atom. The molecule has 0 bridgehead atoms. The van der Waals surface area contributed by atoms with E-state index in [1.165, 1.54) is 37.2 Å². The fourth-order valence-corrected chi connectivity index (χ4v) is 3.85. The predicted molar refractivity (Wildman–Crippen MR) is 83.4 cm³/mol. The molecule has 4 heteroatoms. The molecule has 0 aliphatic carbocycles. The van der Waals surface area contributed by atoms with Crippen LogP contribution in [0.5, 0.6) is 0 Å². The molecule has 0 aromatic heterocycles. The zero-order valence-electron chi connectivity index (χ0n) is 11.5. The Morgan fingerprint density at radius 2 is 2.21 bits per heavy atom. The normalized spacial score (nSPS) is 27.6. The van der Waals surface area contributed by atoms with Crippen molar-refractivity contribution in [1.29, 1.82) is 0 Å². The average molecular weight is 324 g/mol. The van der Waals surface area contributed by atoms with Crippen LogP contribution in [0.25, 0.3) is 0 Å². The molecule has 1 aromatic carbocycles. The Labute approximate surface area is 123 Å². The summed E-state index contributed by atoms with van der Waals surface area (Å²) in [6, 6.07) is 7.76. The molecule has 2 heterocycles. The number of anilines is 1. The van der Waals surface area contributed by atoms with Gasteiger partial charge in [-0.25, -0.2) is 0 Å². The second-order valence-corrected chi connectivity index (χ2v) is 6.69. The van der Waals surface area contributed by atoms with E-state index in [2.05, 4.69) is 50.9 Å². The summed E-state index contributed by atoms with van der Waals surface area (Å²) in [7, 11) is 0. The maximum atomic E-state index is 5.91. The van der Waals surface area contributed by atoms with Gasteiger partial charge in [0.2, 0.25) is 0 Å². The first kappa shape index (κ1) is 13.4. The lowest BCUT2D eigenvalue weighted by atomic mass is 10.0. The summed E-state index contributed by atoms with van der Waals surface area (Å²) in [6.07, 6.45) is 2.70. The molecular formula is C15H22BrN3. The number of piperazine rings is 1. The molecule has 19 heavy (non-hydrogen) atoms. The van der Waals surface area contributed by atoms with Gasteiger partial charge in [-0.15, -0.1) is 0 Å². The van der Waals surface area contributed by atoms with Crippen molar-refractivity contribution in [2.24, 2.45) is 5.73 Å². The fourth-order valence-electron chi connectivity index (χ4n) is 3.50. The van der Waals surface area contributed by atoms with Crippen molar-refractivity contribution in [3.8, 4) is 0 Å². The number of nitrogens with two attached hydrogens (primary N) is 1. The first-order chi connectivity index (χ1) is 9.19. The Kier molecular flexibility index (Phi) is 3.83. The molecule has 2 N–H and O–H groups in total. The second kappa shape index (κ2) is 5.43. The van der Waals surface area contributed by atoms with Gasteiger partial charge < -0.3 is 10.6 Å². The molecule has 3 rings (SSSR count). The van der Waals surface area contributed by atoms with Gasteiger partial charge in [0, 0.05) is 41.9 Å². The molecule has 3 nitrogen and oxygen atoms in total. The highest BCUT2D eigenvalue weighted by molar-refractivity contribution is 9.10. The highest BCUT2D eigenvalue weighted by atomic mass is 79.9. The number of hydrogen-bond acceptors (Lipinski definition) is 3. The largest absolute Gasteiger partial charge is 0.366 e. The molecule has 2 aliphatic heterocycles. The lowest BCUT2D eigenvalue weighted by Gasteiger charge is -2.44. The van der Waals surface area contributed by atoms with Crippen LogP contribution in [0.3, 0.4) is 0 Å². The Hall–Kier alpha value is -0.580. The average Bonchev–Trinajstić information content (AvgIpc) is 2.84. The van der Waals surface area contributed by atoms with Crippen LogP contribution in [0.2, 0.25) is 0 Å². The number of nitrogens with zero attached hydrogens (tertiary/aromatic N) is 2. The van der Waals surface area contributed by atoms with Crippen LogP contribution in [0.4, 0.5) is 5.69 Å². The van der Waals surface area contributed by atoms with Gasteiger partial charge in [0.1, 0.15) is 0 Å². The van der Waals surface area contributed by atoms with E-state index in [4.69, 9.17) is 5.73 Å². The van der Waals surface area contributed by atoms with Crippen molar-refractivity contribution in [2.75, 3.05) is 24.5 Å². The van der Waals surface area contributed by atoms with Gasteiger partial charge >= 0.3 is 0 Å². The second-order valence-electron chi connectivity index (χ2n) is 5.77. The summed E-state index contributed by atoms with van der Waals surface area (Å²) in [5.41, 5.74) is 8.47. The number of benzene rings is 1. The maximum absolute atomic E-state index is 5.91. The van der Waals surface area contributed by atoms with Crippen LogP contribution in [0, 0.1) is 0 Å². The van der Waals surface area contributed by atoms with Crippen molar-refractivity contribution in [3.05, 3.63) is 28.2 Å². The molecule has 2 unspecified atom stereocenters. The van der Waals surface area contributed by atoms with Crippen LogP contribution in [0.1, 0.15) is 25.3 Å². The predicted octanol–water partition coefficient (Wildman–Crippen LogP) is 2.58. The fraction of sp³-hybridized carbons (Fsp3) is 0.600. The van der Waals surface area contributed by atoms with E-state index in [9.17, 15) is 0 Å². The van der Waals surface area contributed by atoms with Crippen molar-refractivity contribution in [1.82, 2.24) is 4.90 Å². The van der Waals surface area contributed by atoms with Crippen LogP contribution in [-0.2, 0) is 6.54 Å². The van der Waals surface area contributed by atoms with E-state index in [1.54, 1.807) is 0 Å². The van der Waals surface area contributed by atoms with Crippen molar-refractivity contribution in [3.63, 3.8) is 0 Å². The first-order valence-electron chi connectivity index (χ1n) is 7.18. The van der Waals surface area contributed by atoms with Gasteiger partial charge in [0.05, 0.1) is 0 Å². The molecule has 104 valence electrons. The highest BCUT2D eigenvalue weighted by Crippen LogP contribution is 2.32. The molecule has 2 saturated heterocycles. The summed E-state index contributed by atoms with van der Waals surface area (Å²) in [4.78, 5) is 5.21. The van der Waals surface area contributed by atoms with Gasteiger partial charge in [0.15, 0.2) is 0 Å². The smallest absolute Gasteiger partial charge is 0.0426 e. The Bertz CT molecular complexity index is 463. The lowest BCUT2D eigenvalue weighted by Crippen LogP contribution is -2.55. The molecule has 2 fully saturated rings. The van der Waals surface area contributed by atoms with Crippen LogP contribution >= 0.6 is 15.9 Å². The standard InChI is InChI=1S/C15H22BrN3/c1-11-9-18-6-2-3-14(18)10-19(11)15-7-13(16)5-4-12(15)8-17/h4-5,7,11,14H,2-3,6,8-10,17H2,1H3. The summed E-state index contributed by atoms with van der Waals surface area (Å²) < 4.78 is 1.14. The molecule has 0 saturated carbocycles. The van der Waals surface area contributed by atoms with Crippen LogP contribution in [0.15, 0.2) is 22.7 Å². The highest BCUT2D eigenvalue weighted by Gasteiger charge is 2.34. The Morgan fingerprint density at radius 3 is 3.00 bits per heavy atom. The number of hydrogen-bond donors (Lipinski definition) is 1. The summed E-state index contributed by atoms with van der Waals surface area (Å²) in [6.45, 7) is 6.55. The molecular weight excluding hydrogens is 302 g/mol. The van der Waals surface area contributed by atoms with Gasteiger partial charge in [-0.3, -0.25) is 4.90 Å². The Balaban J connectivity index is 1.90. The van der Waals surface area contributed by atoms with Crippen LogP contribution < -0.4 is 10.6 Å². The minimum Gasteiger partial charge on any atom is -0.366 e. The summed E-state index contributed by atoms with van der Waals surface area (Å²) >= 11 is 3.59. The topological polar surface area (TPSA) is 32.5 Å². The van der Waals surface area contributed by atoms with Crippen molar-refractivity contribution in [2.45, 2.75) is 38.4 Å². The zero-order valence-corrected chi connectivity index (χ0v) is 13.1. The van der Waals surface area contributed by atoms with E-state index in [0.717, 1.165) is 17.1 Å². The third-order valence-corrected chi connectivity index (χ3v) is 5.01. The summed E-state index contributed by atoms with van der Waals surface area (Å²) in [5.74, 6) is 0. The van der Waals surface area contributed by atoms with E-state index in [1.807, 2.05) is 0 Å². The van der Waals surface area contributed by atoms with Gasteiger partial charge in [-0.1, -0.05) is 22.0 Å². The van der Waals surface area contributed by atoms with E-state index in [-0.39, 0.29) is 0 Å². The van der Waals surface area contributed by atoms with Crippen molar-refractivity contribution >= 4 is 21.6 Å². The third-order valence-electron chi connectivity index (χ3n) is 4.51. The molecule has 0 amide bonds. The minimum atomic E-state index is 0.564. The molecule has 1 aromatic rings. The monoisotopic (exact) mass is 323 g/mol. The van der Waals surface area contributed by atoms with Crippen LogP contribution in [-0.4, -0.2) is 36.6 Å². The van der Waals surface area contributed by atoms with Gasteiger partial charge in [-0.2, -0.15) is 0 Å². The number of halogens is 1. The van der Waals surface area contributed by atoms with E-state index in [0.29, 0.717) is 12.6 Å². The maximum Gasteiger partial charge on any atom is 0.0426 e. The lowest BCUT2D eigenvalue weighted by molar-refractivity contribution is 0.203. The van der Waals surface area contributed by atoms with E-state index >= 15 is 0 Å². The SMILES string of the molecule is CC1CN2CCCC2CN1c1cc(Br)ccc1CN. The van der Waals surface area contributed by atoms with Crippen molar-refractivity contribution < 1.29 is 0 Å². The zero-order chi connectivity index (χ0) is 13.4. The molecule has 2 aliphatic rings. The minimum absolute atomic E-state index is 0.564. The molecule has 0 radical (unpaired) electrons. The first-order valence-corrected chi connectivity index (χ1v) is 7.97. The van der Waals surface area contributed by atoms with E-state index < -0.39 is 0 Å². The quantitative estimate of drug-likeness (QED) is 0.908. The van der Waals surface area contributed by atoms with Gasteiger partial charge in [-0.05, 0) is 44.0 Å². The third kappa shape index (κ3) is 2.54. The molecule has 2 atom stereocenters. The number of rotatable bonds is 2.